The van der Waals surface area contributed by atoms with Crippen molar-refractivity contribution in [2.75, 3.05) is 35.6 Å². The molecule has 0 fully saturated rings. The molecule has 0 spiro atoms. The third-order valence-corrected chi connectivity index (χ3v) is 3.50. The Labute approximate surface area is 116 Å². The average molecular weight is 269 g/mol. The maximum absolute atomic E-state index is 5.55. The molecule has 102 valence electrons. The molecule has 0 bridgehead atoms. The van der Waals surface area contributed by atoms with Gasteiger partial charge in [0.1, 0.15) is 12.4 Å². The van der Waals surface area contributed by atoms with Crippen LogP contribution >= 0.6 is 0 Å². The van der Waals surface area contributed by atoms with Gasteiger partial charge in [0.05, 0.1) is 24.0 Å². The highest BCUT2D eigenvalue weighted by Crippen LogP contribution is 2.31. The number of aromatic nitrogens is 2. The molecule has 2 aromatic rings. The largest absolute Gasteiger partial charge is 0.488 e. The quantitative estimate of drug-likeness (QED) is 0.734. The zero-order valence-corrected chi connectivity index (χ0v) is 10.9. The second kappa shape index (κ2) is 4.56. The van der Waals surface area contributed by atoms with Crippen LogP contribution in [-0.4, -0.2) is 29.7 Å². The lowest BCUT2D eigenvalue weighted by molar-refractivity contribution is 0.321. The minimum absolute atomic E-state index is 0.103. The van der Waals surface area contributed by atoms with Crippen molar-refractivity contribution >= 4 is 17.3 Å². The van der Waals surface area contributed by atoms with E-state index in [-0.39, 0.29) is 6.04 Å². The van der Waals surface area contributed by atoms with Gasteiger partial charge in [0, 0.05) is 12.7 Å². The standard InChI is InChI=1S/C14H15N5O/c1-2-10-13(15-5-1)19-11(8-17-10)9-3-4-12-14(18-9)16-6-7-20-12/h1-5,11,17H,6-8H2,(H,15,19)(H,16,18). The second-order valence-electron chi connectivity index (χ2n) is 4.84. The molecule has 1 atom stereocenters. The monoisotopic (exact) mass is 269 g/mol. The maximum Gasteiger partial charge on any atom is 0.169 e. The molecule has 3 N–H and O–H groups in total. The molecule has 2 aromatic heterocycles. The van der Waals surface area contributed by atoms with E-state index in [9.17, 15) is 0 Å². The van der Waals surface area contributed by atoms with Gasteiger partial charge in [0.2, 0.25) is 0 Å². The number of nitrogens with zero attached hydrogens (tertiary/aromatic N) is 2. The molecule has 0 aromatic carbocycles. The first-order valence-electron chi connectivity index (χ1n) is 6.73. The van der Waals surface area contributed by atoms with Crippen molar-refractivity contribution in [1.29, 1.82) is 0 Å². The average Bonchev–Trinajstić information content (AvgIpc) is 2.54. The van der Waals surface area contributed by atoms with Crippen molar-refractivity contribution in [3.63, 3.8) is 0 Å². The summed E-state index contributed by atoms with van der Waals surface area (Å²) in [5, 5.41) is 10.1. The van der Waals surface area contributed by atoms with E-state index in [1.54, 1.807) is 6.20 Å². The SMILES string of the molecule is c1cnc2c(c1)NCC(c1ccc3c(n1)NCCO3)N2. The molecule has 0 saturated heterocycles. The first kappa shape index (κ1) is 11.3. The van der Waals surface area contributed by atoms with Crippen molar-refractivity contribution in [2.24, 2.45) is 0 Å². The fraction of sp³-hybridized carbons (Fsp3) is 0.286. The van der Waals surface area contributed by atoms with Crippen molar-refractivity contribution in [2.45, 2.75) is 6.04 Å². The van der Waals surface area contributed by atoms with Crippen LogP contribution < -0.4 is 20.7 Å². The molecule has 20 heavy (non-hydrogen) atoms. The zero-order valence-electron chi connectivity index (χ0n) is 10.9. The van der Waals surface area contributed by atoms with Crippen LogP contribution in [0.25, 0.3) is 0 Å². The number of rotatable bonds is 1. The Morgan fingerprint density at radius 1 is 1.15 bits per heavy atom. The Morgan fingerprint density at radius 3 is 3.15 bits per heavy atom. The van der Waals surface area contributed by atoms with Crippen LogP contribution in [0.5, 0.6) is 5.75 Å². The predicted molar refractivity (Wildman–Crippen MR) is 77.3 cm³/mol. The second-order valence-corrected chi connectivity index (χ2v) is 4.84. The van der Waals surface area contributed by atoms with Gasteiger partial charge >= 0.3 is 0 Å². The summed E-state index contributed by atoms with van der Waals surface area (Å²) in [6.07, 6.45) is 1.78. The highest BCUT2D eigenvalue weighted by Gasteiger charge is 2.22. The Hall–Kier alpha value is -2.50. The van der Waals surface area contributed by atoms with E-state index >= 15 is 0 Å². The maximum atomic E-state index is 5.55. The summed E-state index contributed by atoms with van der Waals surface area (Å²) in [5.74, 6) is 2.51. The van der Waals surface area contributed by atoms with Gasteiger partial charge in [-0.2, -0.15) is 0 Å². The van der Waals surface area contributed by atoms with Gasteiger partial charge in [-0.15, -0.1) is 0 Å². The lowest BCUT2D eigenvalue weighted by Gasteiger charge is -2.28. The van der Waals surface area contributed by atoms with Crippen molar-refractivity contribution in [3.8, 4) is 5.75 Å². The number of anilines is 3. The van der Waals surface area contributed by atoms with E-state index in [0.717, 1.165) is 41.9 Å². The molecule has 1 unspecified atom stereocenters. The molecule has 0 radical (unpaired) electrons. The molecule has 0 aliphatic carbocycles. The smallest absolute Gasteiger partial charge is 0.169 e. The third-order valence-electron chi connectivity index (χ3n) is 3.50. The molecule has 4 rings (SSSR count). The third kappa shape index (κ3) is 1.89. The molecular formula is C14H15N5O. The lowest BCUT2D eigenvalue weighted by atomic mass is 10.1. The minimum Gasteiger partial charge on any atom is -0.488 e. The van der Waals surface area contributed by atoms with E-state index in [4.69, 9.17) is 4.74 Å². The summed E-state index contributed by atoms with van der Waals surface area (Å²) in [4.78, 5) is 8.98. The molecule has 6 heteroatoms. The van der Waals surface area contributed by atoms with Gasteiger partial charge in [0.15, 0.2) is 11.6 Å². The van der Waals surface area contributed by atoms with Crippen molar-refractivity contribution in [1.82, 2.24) is 9.97 Å². The number of pyridine rings is 2. The molecule has 0 saturated carbocycles. The summed E-state index contributed by atoms with van der Waals surface area (Å²) in [6, 6.07) is 8.01. The molecule has 6 nitrogen and oxygen atoms in total. The first-order chi connectivity index (χ1) is 9.90. The molecule has 0 amide bonds. The van der Waals surface area contributed by atoms with Crippen LogP contribution in [-0.2, 0) is 0 Å². The van der Waals surface area contributed by atoms with Gasteiger partial charge in [-0.25, -0.2) is 9.97 Å². The Balaban J connectivity index is 1.63. The zero-order chi connectivity index (χ0) is 13.4. The normalized spacial score (nSPS) is 19.5. The molecule has 2 aliphatic heterocycles. The lowest BCUT2D eigenvalue weighted by Crippen LogP contribution is -2.28. The fourth-order valence-electron chi connectivity index (χ4n) is 2.50. The summed E-state index contributed by atoms with van der Waals surface area (Å²) < 4.78 is 5.55. The molecule has 4 heterocycles. The van der Waals surface area contributed by atoms with Crippen LogP contribution in [0.2, 0.25) is 0 Å². The van der Waals surface area contributed by atoms with E-state index in [2.05, 4.69) is 25.9 Å². The highest BCUT2D eigenvalue weighted by atomic mass is 16.5. The summed E-state index contributed by atoms with van der Waals surface area (Å²) in [7, 11) is 0. The summed E-state index contributed by atoms with van der Waals surface area (Å²) in [5.41, 5.74) is 2.01. The highest BCUT2D eigenvalue weighted by molar-refractivity contribution is 5.67. The topological polar surface area (TPSA) is 71.1 Å². The van der Waals surface area contributed by atoms with Gasteiger partial charge in [-0.05, 0) is 24.3 Å². The Morgan fingerprint density at radius 2 is 2.15 bits per heavy atom. The van der Waals surface area contributed by atoms with E-state index < -0.39 is 0 Å². The van der Waals surface area contributed by atoms with E-state index in [0.29, 0.717) is 6.61 Å². The number of fused-ring (bicyclic) bond motifs is 2. The van der Waals surface area contributed by atoms with Gasteiger partial charge < -0.3 is 20.7 Å². The van der Waals surface area contributed by atoms with Crippen LogP contribution in [0.4, 0.5) is 17.3 Å². The van der Waals surface area contributed by atoms with Crippen molar-refractivity contribution in [3.05, 3.63) is 36.2 Å². The van der Waals surface area contributed by atoms with Crippen LogP contribution in [0.1, 0.15) is 11.7 Å². The van der Waals surface area contributed by atoms with Gasteiger partial charge in [-0.3, -0.25) is 0 Å². The number of hydrogen-bond donors (Lipinski definition) is 3. The minimum atomic E-state index is 0.103. The van der Waals surface area contributed by atoms with E-state index in [1.807, 2.05) is 24.3 Å². The number of hydrogen-bond acceptors (Lipinski definition) is 6. The molecular weight excluding hydrogens is 254 g/mol. The summed E-state index contributed by atoms with van der Waals surface area (Å²) in [6.45, 7) is 2.27. The predicted octanol–water partition coefficient (Wildman–Crippen LogP) is 1.86. The Bertz CT molecular complexity index is 645. The fourth-order valence-corrected chi connectivity index (χ4v) is 2.50. The van der Waals surface area contributed by atoms with Crippen molar-refractivity contribution < 1.29 is 4.74 Å². The first-order valence-corrected chi connectivity index (χ1v) is 6.73. The van der Waals surface area contributed by atoms with Gasteiger partial charge in [0.25, 0.3) is 0 Å². The van der Waals surface area contributed by atoms with Gasteiger partial charge in [-0.1, -0.05) is 0 Å². The number of nitrogens with one attached hydrogen (secondary N) is 3. The van der Waals surface area contributed by atoms with Crippen LogP contribution in [0.3, 0.4) is 0 Å². The number of ether oxygens (including phenoxy) is 1. The Kier molecular flexibility index (Phi) is 2.58. The molecule has 2 aliphatic rings. The van der Waals surface area contributed by atoms with Crippen LogP contribution in [0.15, 0.2) is 30.5 Å². The van der Waals surface area contributed by atoms with E-state index in [1.165, 1.54) is 0 Å². The van der Waals surface area contributed by atoms with Crippen LogP contribution in [0, 0.1) is 0 Å². The summed E-state index contributed by atoms with van der Waals surface area (Å²) >= 11 is 0.